The number of rotatable bonds is 7. The fourth-order valence-corrected chi connectivity index (χ4v) is 1.74. The van der Waals surface area contributed by atoms with Crippen molar-refractivity contribution in [3.63, 3.8) is 0 Å². The third-order valence-electron chi connectivity index (χ3n) is 2.84. The molecule has 7 heteroatoms. The summed E-state index contributed by atoms with van der Waals surface area (Å²) in [7, 11) is 0. The first kappa shape index (κ1) is 16.9. The first-order valence-electron chi connectivity index (χ1n) is 6.58. The van der Waals surface area contributed by atoms with Crippen LogP contribution in [0.4, 0.5) is 13.6 Å². The highest BCUT2D eigenvalue weighted by Gasteiger charge is 2.08. The number of benzene rings is 1. The number of aliphatic carboxylic acids is 1. The van der Waals surface area contributed by atoms with Crippen LogP contribution in [0.5, 0.6) is 0 Å². The van der Waals surface area contributed by atoms with E-state index in [4.69, 9.17) is 5.11 Å². The summed E-state index contributed by atoms with van der Waals surface area (Å²) in [5.41, 5.74) is 0.447. The van der Waals surface area contributed by atoms with Gasteiger partial charge in [0.2, 0.25) is 0 Å². The average molecular weight is 300 g/mol. The number of carbonyl (C=O) groups excluding carboxylic acids is 1. The van der Waals surface area contributed by atoms with Gasteiger partial charge in [0.1, 0.15) is 0 Å². The number of urea groups is 1. The standard InChI is InChI=1S/C14H18F2N2O3/c1-9(3-2-4-13(19)20)18-14(21)17-8-10-5-6-11(15)12(16)7-10/h5-7,9H,2-4,8H2,1H3,(H,19,20)(H2,17,18,21). The van der Waals surface area contributed by atoms with Gasteiger partial charge in [-0.2, -0.15) is 0 Å². The van der Waals surface area contributed by atoms with Crippen molar-refractivity contribution in [1.29, 1.82) is 0 Å². The molecule has 0 radical (unpaired) electrons. The summed E-state index contributed by atoms with van der Waals surface area (Å²) in [5.74, 6) is -2.77. The summed E-state index contributed by atoms with van der Waals surface area (Å²) in [6.07, 6.45) is 1.08. The van der Waals surface area contributed by atoms with E-state index >= 15 is 0 Å². The lowest BCUT2D eigenvalue weighted by molar-refractivity contribution is -0.137. The highest BCUT2D eigenvalue weighted by atomic mass is 19.2. The largest absolute Gasteiger partial charge is 0.481 e. The van der Waals surface area contributed by atoms with Gasteiger partial charge in [-0.25, -0.2) is 13.6 Å². The van der Waals surface area contributed by atoms with Crippen LogP contribution in [0.15, 0.2) is 18.2 Å². The van der Waals surface area contributed by atoms with E-state index < -0.39 is 23.6 Å². The topological polar surface area (TPSA) is 78.4 Å². The third kappa shape index (κ3) is 6.69. The molecule has 1 aromatic carbocycles. The highest BCUT2D eigenvalue weighted by molar-refractivity contribution is 5.74. The Labute approximate surface area is 121 Å². The molecule has 0 spiro atoms. The van der Waals surface area contributed by atoms with Crippen LogP contribution in [0.1, 0.15) is 31.7 Å². The van der Waals surface area contributed by atoms with Crippen LogP contribution in [0.2, 0.25) is 0 Å². The maximum atomic E-state index is 13.0. The summed E-state index contributed by atoms with van der Waals surface area (Å²) < 4.78 is 25.7. The molecule has 0 aliphatic heterocycles. The minimum atomic E-state index is -0.961. The van der Waals surface area contributed by atoms with E-state index in [-0.39, 0.29) is 19.0 Å². The number of halogens is 2. The zero-order valence-electron chi connectivity index (χ0n) is 11.7. The number of carbonyl (C=O) groups is 2. The summed E-state index contributed by atoms with van der Waals surface area (Å²) in [6.45, 7) is 1.84. The first-order chi connectivity index (χ1) is 9.88. The molecule has 0 aromatic heterocycles. The minimum absolute atomic E-state index is 0.0580. The molecule has 0 fully saturated rings. The lowest BCUT2D eigenvalue weighted by Gasteiger charge is -2.14. The van der Waals surface area contributed by atoms with E-state index in [0.717, 1.165) is 12.1 Å². The molecule has 1 rings (SSSR count). The Bertz CT molecular complexity index is 509. The van der Waals surface area contributed by atoms with Crippen molar-refractivity contribution in [1.82, 2.24) is 10.6 Å². The quantitative estimate of drug-likeness (QED) is 0.723. The van der Waals surface area contributed by atoms with Crippen molar-refractivity contribution in [3.8, 4) is 0 Å². The normalized spacial score (nSPS) is 11.8. The molecule has 0 aliphatic rings. The van der Waals surface area contributed by atoms with Crippen LogP contribution in [0.3, 0.4) is 0 Å². The number of carboxylic acids is 1. The van der Waals surface area contributed by atoms with E-state index in [9.17, 15) is 18.4 Å². The maximum absolute atomic E-state index is 13.0. The van der Waals surface area contributed by atoms with Gasteiger partial charge in [-0.1, -0.05) is 6.07 Å². The monoisotopic (exact) mass is 300 g/mol. The molecule has 116 valence electrons. The first-order valence-corrected chi connectivity index (χ1v) is 6.58. The average Bonchev–Trinajstić information content (AvgIpc) is 2.39. The minimum Gasteiger partial charge on any atom is -0.481 e. The van der Waals surface area contributed by atoms with Crippen LogP contribution in [0.25, 0.3) is 0 Å². The van der Waals surface area contributed by atoms with E-state index in [1.807, 2.05) is 0 Å². The van der Waals surface area contributed by atoms with E-state index in [1.54, 1.807) is 6.92 Å². The van der Waals surface area contributed by atoms with Crippen LogP contribution >= 0.6 is 0 Å². The second kappa shape index (κ2) is 8.18. The molecule has 21 heavy (non-hydrogen) atoms. The smallest absolute Gasteiger partial charge is 0.315 e. The fourth-order valence-electron chi connectivity index (χ4n) is 1.74. The molecule has 3 N–H and O–H groups in total. The lowest BCUT2D eigenvalue weighted by Crippen LogP contribution is -2.40. The Balaban J connectivity index is 2.30. The number of amides is 2. The summed E-state index contributed by atoms with van der Waals surface area (Å²) in [6, 6.07) is 2.79. The fraction of sp³-hybridized carbons (Fsp3) is 0.429. The molecule has 1 atom stereocenters. The summed E-state index contributed by atoms with van der Waals surface area (Å²) >= 11 is 0. The second-order valence-corrected chi connectivity index (χ2v) is 4.76. The van der Waals surface area contributed by atoms with Crippen molar-refractivity contribution in [3.05, 3.63) is 35.4 Å². The van der Waals surface area contributed by atoms with Crippen LogP contribution in [0, 0.1) is 11.6 Å². The molecule has 5 nitrogen and oxygen atoms in total. The molecule has 1 unspecified atom stereocenters. The Morgan fingerprint density at radius 1 is 1.29 bits per heavy atom. The van der Waals surface area contributed by atoms with Crippen molar-refractivity contribution in [2.24, 2.45) is 0 Å². The van der Waals surface area contributed by atoms with Gasteiger partial charge in [0.05, 0.1) is 0 Å². The molecule has 0 saturated heterocycles. The van der Waals surface area contributed by atoms with Crippen LogP contribution in [-0.4, -0.2) is 23.1 Å². The molecule has 0 saturated carbocycles. The van der Waals surface area contributed by atoms with E-state index in [1.165, 1.54) is 6.07 Å². The lowest BCUT2D eigenvalue weighted by atomic mass is 10.1. The van der Waals surface area contributed by atoms with Gasteiger partial charge in [-0.15, -0.1) is 0 Å². The van der Waals surface area contributed by atoms with Crippen molar-refractivity contribution < 1.29 is 23.5 Å². The van der Waals surface area contributed by atoms with Crippen molar-refractivity contribution in [2.45, 2.75) is 38.8 Å². The summed E-state index contributed by atoms with van der Waals surface area (Å²) in [5, 5.41) is 13.7. The predicted molar refractivity (Wildman–Crippen MR) is 72.7 cm³/mol. The Morgan fingerprint density at radius 3 is 2.62 bits per heavy atom. The highest BCUT2D eigenvalue weighted by Crippen LogP contribution is 2.08. The second-order valence-electron chi connectivity index (χ2n) is 4.76. The number of hydrogen-bond donors (Lipinski definition) is 3. The van der Waals surface area contributed by atoms with Crippen molar-refractivity contribution in [2.75, 3.05) is 0 Å². The molecule has 0 aliphatic carbocycles. The predicted octanol–water partition coefficient (Wildman–Crippen LogP) is 2.41. The molecule has 0 bridgehead atoms. The maximum Gasteiger partial charge on any atom is 0.315 e. The van der Waals surface area contributed by atoms with Gasteiger partial charge in [-0.05, 0) is 37.5 Å². The molecular formula is C14H18F2N2O3. The van der Waals surface area contributed by atoms with Crippen LogP contribution in [-0.2, 0) is 11.3 Å². The van der Waals surface area contributed by atoms with Gasteiger partial charge < -0.3 is 15.7 Å². The Kier molecular flexibility index (Phi) is 6.58. The molecule has 1 aromatic rings. The van der Waals surface area contributed by atoms with E-state index in [0.29, 0.717) is 18.4 Å². The number of nitrogens with one attached hydrogen (secondary N) is 2. The van der Waals surface area contributed by atoms with Crippen molar-refractivity contribution >= 4 is 12.0 Å². The molecule has 2 amide bonds. The molecule has 0 heterocycles. The SMILES string of the molecule is CC(CCCC(=O)O)NC(=O)NCc1ccc(F)c(F)c1. The number of carboxylic acid groups (broad SMARTS) is 1. The summed E-state index contributed by atoms with van der Waals surface area (Å²) in [4.78, 5) is 21.9. The Morgan fingerprint density at radius 2 is 2.00 bits per heavy atom. The molecular weight excluding hydrogens is 282 g/mol. The van der Waals surface area contributed by atoms with Gasteiger partial charge in [-0.3, -0.25) is 4.79 Å². The van der Waals surface area contributed by atoms with E-state index in [2.05, 4.69) is 10.6 Å². The zero-order chi connectivity index (χ0) is 15.8. The zero-order valence-corrected chi connectivity index (χ0v) is 11.7. The van der Waals surface area contributed by atoms with Gasteiger partial charge in [0, 0.05) is 19.0 Å². The van der Waals surface area contributed by atoms with Gasteiger partial charge in [0.15, 0.2) is 11.6 Å². The van der Waals surface area contributed by atoms with Gasteiger partial charge >= 0.3 is 12.0 Å². The third-order valence-corrected chi connectivity index (χ3v) is 2.84. The Hall–Kier alpha value is -2.18. The van der Waals surface area contributed by atoms with Crippen LogP contribution < -0.4 is 10.6 Å². The van der Waals surface area contributed by atoms with Gasteiger partial charge in [0.25, 0.3) is 0 Å². The number of hydrogen-bond acceptors (Lipinski definition) is 2.